The first-order valence-electron chi connectivity index (χ1n) is 6.49. The van der Waals surface area contributed by atoms with Crippen LogP contribution < -0.4 is 14.8 Å². The monoisotopic (exact) mass is 309 g/mol. The predicted molar refractivity (Wildman–Crippen MR) is 81.5 cm³/mol. The van der Waals surface area contributed by atoms with Crippen molar-refractivity contribution in [2.75, 3.05) is 14.2 Å². The molecule has 0 saturated carbocycles. The van der Waals surface area contributed by atoms with Crippen LogP contribution in [0, 0.1) is 5.82 Å². The zero-order valence-corrected chi connectivity index (χ0v) is 12.7. The van der Waals surface area contributed by atoms with Crippen LogP contribution in [0.4, 0.5) is 4.39 Å². The number of hydrogen-bond acceptors (Lipinski definition) is 3. The molecule has 21 heavy (non-hydrogen) atoms. The van der Waals surface area contributed by atoms with Gasteiger partial charge in [-0.15, -0.1) is 0 Å². The Kier molecular flexibility index (Phi) is 5.42. The maximum absolute atomic E-state index is 13.6. The van der Waals surface area contributed by atoms with E-state index in [4.69, 9.17) is 21.1 Å². The van der Waals surface area contributed by atoms with Gasteiger partial charge in [0.05, 0.1) is 14.2 Å². The predicted octanol–water partition coefficient (Wildman–Crippen LogP) is 3.79. The van der Waals surface area contributed by atoms with E-state index in [9.17, 15) is 4.39 Å². The minimum atomic E-state index is -0.303. The highest BCUT2D eigenvalue weighted by molar-refractivity contribution is 6.30. The third-order valence-electron chi connectivity index (χ3n) is 3.11. The standard InChI is InChI=1S/C16H17ClFNO2/c1-20-15-6-3-11(7-16(15)21-2)9-19-10-12-4-5-13(17)8-14(12)18/h3-8,19H,9-10H2,1-2H3. The Hall–Kier alpha value is -1.78. The number of ether oxygens (including phenoxy) is 2. The summed E-state index contributed by atoms with van der Waals surface area (Å²) in [6.45, 7) is 1.03. The normalized spacial score (nSPS) is 10.5. The van der Waals surface area contributed by atoms with Crippen molar-refractivity contribution in [2.24, 2.45) is 0 Å². The van der Waals surface area contributed by atoms with Crippen molar-refractivity contribution in [3.8, 4) is 11.5 Å². The van der Waals surface area contributed by atoms with E-state index in [1.807, 2.05) is 18.2 Å². The van der Waals surface area contributed by atoms with Gasteiger partial charge in [0.15, 0.2) is 11.5 Å². The van der Waals surface area contributed by atoms with Crippen LogP contribution in [0.1, 0.15) is 11.1 Å². The summed E-state index contributed by atoms with van der Waals surface area (Å²) in [5.41, 5.74) is 1.61. The van der Waals surface area contributed by atoms with Gasteiger partial charge in [-0.1, -0.05) is 23.7 Å². The van der Waals surface area contributed by atoms with Crippen molar-refractivity contribution in [3.63, 3.8) is 0 Å². The molecule has 2 rings (SSSR count). The SMILES string of the molecule is COc1ccc(CNCc2ccc(Cl)cc2F)cc1OC. The molecule has 0 atom stereocenters. The molecular weight excluding hydrogens is 293 g/mol. The number of methoxy groups -OCH3 is 2. The van der Waals surface area contributed by atoms with E-state index < -0.39 is 0 Å². The highest BCUT2D eigenvalue weighted by Crippen LogP contribution is 2.27. The summed E-state index contributed by atoms with van der Waals surface area (Å²) in [5.74, 6) is 1.06. The van der Waals surface area contributed by atoms with Gasteiger partial charge in [-0.05, 0) is 29.8 Å². The number of halogens is 2. The van der Waals surface area contributed by atoms with Gasteiger partial charge < -0.3 is 14.8 Å². The van der Waals surface area contributed by atoms with Crippen molar-refractivity contribution in [1.29, 1.82) is 0 Å². The topological polar surface area (TPSA) is 30.5 Å². The van der Waals surface area contributed by atoms with E-state index in [1.165, 1.54) is 6.07 Å². The third kappa shape index (κ3) is 4.09. The van der Waals surface area contributed by atoms with Gasteiger partial charge in [-0.25, -0.2) is 4.39 Å². The maximum atomic E-state index is 13.6. The van der Waals surface area contributed by atoms with Crippen LogP contribution in [0.3, 0.4) is 0 Å². The Bertz CT molecular complexity index is 619. The molecule has 0 bridgehead atoms. The van der Waals surface area contributed by atoms with Gasteiger partial charge in [-0.2, -0.15) is 0 Å². The summed E-state index contributed by atoms with van der Waals surface area (Å²) in [6.07, 6.45) is 0. The maximum Gasteiger partial charge on any atom is 0.161 e. The molecule has 0 aliphatic carbocycles. The lowest BCUT2D eigenvalue weighted by atomic mass is 10.1. The van der Waals surface area contributed by atoms with E-state index in [2.05, 4.69) is 5.32 Å². The van der Waals surface area contributed by atoms with Crippen LogP contribution in [-0.2, 0) is 13.1 Å². The molecule has 0 aromatic heterocycles. The van der Waals surface area contributed by atoms with Crippen molar-refractivity contribution in [1.82, 2.24) is 5.32 Å². The average Bonchev–Trinajstić information content (AvgIpc) is 2.49. The number of hydrogen-bond donors (Lipinski definition) is 1. The van der Waals surface area contributed by atoms with Crippen molar-refractivity contribution >= 4 is 11.6 Å². The van der Waals surface area contributed by atoms with Crippen molar-refractivity contribution in [2.45, 2.75) is 13.1 Å². The average molecular weight is 310 g/mol. The van der Waals surface area contributed by atoms with E-state index in [1.54, 1.807) is 26.4 Å². The number of benzene rings is 2. The van der Waals surface area contributed by atoms with Crippen LogP contribution in [0.5, 0.6) is 11.5 Å². The fraction of sp³-hybridized carbons (Fsp3) is 0.250. The first-order valence-corrected chi connectivity index (χ1v) is 6.87. The molecule has 0 spiro atoms. The summed E-state index contributed by atoms with van der Waals surface area (Å²) in [6, 6.07) is 10.3. The van der Waals surface area contributed by atoms with Crippen molar-refractivity contribution in [3.05, 3.63) is 58.4 Å². The van der Waals surface area contributed by atoms with Crippen LogP contribution in [0.25, 0.3) is 0 Å². The second kappa shape index (κ2) is 7.29. The van der Waals surface area contributed by atoms with Gasteiger partial charge in [0, 0.05) is 23.7 Å². The lowest BCUT2D eigenvalue weighted by Crippen LogP contribution is -2.13. The molecule has 2 aromatic rings. The van der Waals surface area contributed by atoms with E-state index in [-0.39, 0.29) is 5.82 Å². The molecule has 3 nitrogen and oxygen atoms in total. The van der Waals surface area contributed by atoms with E-state index in [0.29, 0.717) is 35.2 Å². The lowest BCUT2D eigenvalue weighted by molar-refractivity contribution is 0.354. The number of rotatable bonds is 6. The molecule has 0 aliphatic heterocycles. The zero-order valence-electron chi connectivity index (χ0n) is 12.0. The van der Waals surface area contributed by atoms with Crippen LogP contribution >= 0.6 is 11.6 Å². The Morgan fingerprint density at radius 1 is 1.00 bits per heavy atom. The highest BCUT2D eigenvalue weighted by atomic mass is 35.5. The lowest BCUT2D eigenvalue weighted by Gasteiger charge is -2.10. The molecule has 0 fully saturated rings. The third-order valence-corrected chi connectivity index (χ3v) is 3.34. The van der Waals surface area contributed by atoms with Gasteiger partial charge in [0.1, 0.15) is 5.82 Å². The molecule has 0 radical (unpaired) electrons. The van der Waals surface area contributed by atoms with Gasteiger partial charge >= 0.3 is 0 Å². The largest absolute Gasteiger partial charge is 0.493 e. The molecule has 0 amide bonds. The quantitative estimate of drug-likeness (QED) is 0.880. The highest BCUT2D eigenvalue weighted by Gasteiger charge is 2.05. The van der Waals surface area contributed by atoms with Crippen molar-refractivity contribution < 1.29 is 13.9 Å². The summed E-state index contributed by atoms with van der Waals surface area (Å²) in [7, 11) is 3.19. The first kappa shape index (κ1) is 15.6. The van der Waals surface area contributed by atoms with E-state index >= 15 is 0 Å². The molecular formula is C16H17ClFNO2. The Labute approximate surface area is 128 Å². The molecule has 5 heteroatoms. The Balaban J connectivity index is 1.97. The van der Waals surface area contributed by atoms with Crippen LogP contribution in [0.15, 0.2) is 36.4 Å². The summed E-state index contributed by atoms with van der Waals surface area (Å²) in [4.78, 5) is 0. The molecule has 112 valence electrons. The summed E-state index contributed by atoms with van der Waals surface area (Å²) < 4.78 is 24.1. The van der Waals surface area contributed by atoms with Gasteiger partial charge in [-0.3, -0.25) is 0 Å². The van der Waals surface area contributed by atoms with E-state index in [0.717, 1.165) is 5.56 Å². The van der Waals surface area contributed by atoms with Gasteiger partial charge in [0.25, 0.3) is 0 Å². The minimum Gasteiger partial charge on any atom is -0.493 e. The summed E-state index contributed by atoms with van der Waals surface area (Å²) in [5, 5.41) is 3.59. The molecule has 0 unspecified atom stereocenters. The zero-order chi connectivity index (χ0) is 15.2. The Morgan fingerprint density at radius 2 is 1.76 bits per heavy atom. The Morgan fingerprint density at radius 3 is 2.43 bits per heavy atom. The molecule has 0 heterocycles. The molecule has 0 saturated heterocycles. The fourth-order valence-corrected chi connectivity index (χ4v) is 2.16. The molecule has 1 N–H and O–H groups in total. The summed E-state index contributed by atoms with van der Waals surface area (Å²) >= 11 is 5.72. The second-order valence-electron chi connectivity index (χ2n) is 4.53. The van der Waals surface area contributed by atoms with Gasteiger partial charge in [0.2, 0.25) is 0 Å². The van der Waals surface area contributed by atoms with Crippen LogP contribution in [-0.4, -0.2) is 14.2 Å². The molecule has 0 aliphatic rings. The second-order valence-corrected chi connectivity index (χ2v) is 4.97. The first-order chi connectivity index (χ1) is 10.1. The minimum absolute atomic E-state index is 0.303. The smallest absolute Gasteiger partial charge is 0.161 e. The fourth-order valence-electron chi connectivity index (χ4n) is 2.00. The van der Waals surface area contributed by atoms with Crippen LogP contribution in [0.2, 0.25) is 5.02 Å². The molecule has 2 aromatic carbocycles. The number of nitrogens with one attached hydrogen (secondary N) is 1.